The second-order valence-corrected chi connectivity index (χ2v) is 2.35. The molecule has 1 saturated heterocycles. The molecule has 0 aromatic heterocycles. The summed E-state index contributed by atoms with van der Waals surface area (Å²) in [5.41, 5.74) is 0. The van der Waals surface area contributed by atoms with Crippen LogP contribution in [0.5, 0.6) is 0 Å². The minimum absolute atomic E-state index is 0.279. The van der Waals surface area contributed by atoms with E-state index in [1.165, 1.54) is 6.42 Å². The fraction of sp³-hybridized carbons (Fsp3) is 1.00. The number of rotatable bonds is 2. The summed E-state index contributed by atoms with van der Waals surface area (Å²) >= 11 is 0. The Balaban J connectivity index is 2.08. The van der Waals surface area contributed by atoms with Gasteiger partial charge in [-0.15, -0.1) is 0 Å². The number of aliphatic hydroxyl groups excluding tert-OH is 1. The molecule has 0 bridgehead atoms. The number of nitrogens with zero attached hydrogens (tertiary/aromatic N) is 1. The molecule has 9 heavy (non-hydrogen) atoms. The molecule has 1 aliphatic heterocycles. The van der Waals surface area contributed by atoms with Gasteiger partial charge in [0.1, 0.15) is 0 Å². The molecule has 0 unspecified atom stereocenters. The summed E-state index contributed by atoms with van der Waals surface area (Å²) in [6, 6.07) is 0. The summed E-state index contributed by atoms with van der Waals surface area (Å²) in [7, 11) is 0. The first-order valence-corrected chi connectivity index (χ1v) is 3.47. The van der Waals surface area contributed by atoms with Gasteiger partial charge in [-0.25, -0.2) is 0 Å². The fourth-order valence-electron chi connectivity index (χ4n) is 1.08. The lowest BCUT2D eigenvalue weighted by molar-refractivity contribution is 0.165. The number of hydrogen-bond acceptors (Lipinski definition) is 3. The Labute approximate surface area is 55.7 Å². The topological polar surface area (TPSA) is 35.5 Å². The summed E-state index contributed by atoms with van der Waals surface area (Å²) in [6.45, 7) is 4.30. The van der Waals surface area contributed by atoms with Gasteiger partial charge < -0.3 is 10.4 Å². The third-order valence-electron chi connectivity index (χ3n) is 1.58. The second-order valence-electron chi connectivity index (χ2n) is 2.35. The summed E-state index contributed by atoms with van der Waals surface area (Å²) in [5, 5.41) is 11.8. The summed E-state index contributed by atoms with van der Waals surface area (Å²) in [5.74, 6) is 0. The van der Waals surface area contributed by atoms with E-state index in [0.717, 1.165) is 26.3 Å². The van der Waals surface area contributed by atoms with E-state index >= 15 is 0 Å². The highest BCUT2D eigenvalue weighted by Crippen LogP contribution is 1.93. The first kappa shape index (κ1) is 6.99. The molecule has 3 nitrogen and oxygen atoms in total. The largest absolute Gasteiger partial charge is 0.395 e. The van der Waals surface area contributed by atoms with E-state index in [1.54, 1.807) is 0 Å². The maximum atomic E-state index is 8.55. The average Bonchev–Trinajstić information content (AvgIpc) is 1.91. The van der Waals surface area contributed by atoms with E-state index < -0.39 is 0 Å². The molecule has 0 aromatic rings. The minimum Gasteiger partial charge on any atom is -0.395 e. The van der Waals surface area contributed by atoms with Crippen LogP contribution in [0.15, 0.2) is 0 Å². The molecule has 1 aliphatic rings. The van der Waals surface area contributed by atoms with Gasteiger partial charge in [-0.2, -0.15) is 0 Å². The molecule has 3 heteroatoms. The monoisotopic (exact) mass is 130 g/mol. The third-order valence-corrected chi connectivity index (χ3v) is 1.58. The van der Waals surface area contributed by atoms with Gasteiger partial charge >= 0.3 is 0 Å². The van der Waals surface area contributed by atoms with Gasteiger partial charge in [-0.3, -0.25) is 4.90 Å². The number of aliphatic hydroxyl groups is 1. The molecule has 0 spiro atoms. The normalized spacial score (nSPS) is 22.3. The van der Waals surface area contributed by atoms with Crippen molar-refractivity contribution in [3.05, 3.63) is 0 Å². The maximum absolute atomic E-state index is 8.55. The predicted octanol–water partition coefficient (Wildman–Crippen LogP) is -0.768. The Kier molecular flexibility index (Phi) is 2.97. The Morgan fingerprint density at radius 1 is 1.56 bits per heavy atom. The zero-order valence-corrected chi connectivity index (χ0v) is 5.64. The van der Waals surface area contributed by atoms with Crippen molar-refractivity contribution in [3.8, 4) is 0 Å². The van der Waals surface area contributed by atoms with Crippen molar-refractivity contribution in [3.63, 3.8) is 0 Å². The van der Waals surface area contributed by atoms with E-state index in [-0.39, 0.29) is 6.61 Å². The summed E-state index contributed by atoms with van der Waals surface area (Å²) < 4.78 is 0. The molecule has 0 aliphatic carbocycles. The van der Waals surface area contributed by atoms with Crippen LogP contribution in [0.3, 0.4) is 0 Å². The lowest BCUT2D eigenvalue weighted by Gasteiger charge is -2.26. The highest BCUT2D eigenvalue weighted by molar-refractivity contribution is 4.62. The molecule has 0 atom stereocenters. The van der Waals surface area contributed by atoms with Gasteiger partial charge in [0, 0.05) is 19.8 Å². The zero-order valence-electron chi connectivity index (χ0n) is 5.64. The first-order chi connectivity index (χ1) is 4.43. The van der Waals surface area contributed by atoms with Gasteiger partial charge in [0.05, 0.1) is 6.61 Å². The van der Waals surface area contributed by atoms with Crippen molar-refractivity contribution in [2.45, 2.75) is 6.42 Å². The van der Waals surface area contributed by atoms with Crippen LogP contribution in [-0.4, -0.2) is 42.9 Å². The number of β-amino-alcohol motifs (C(OH)–C–C–N with tert-alkyl or cyclic N) is 1. The lowest BCUT2D eigenvalue weighted by Crippen LogP contribution is -2.42. The molecular formula is C6H14N2O. The SMILES string of the molecule is OCCN1CCCNC1. The standard InChI is InChI=1S/C6H14N2O/c9-5-4-8-3-1-2-7-6-8/h7,9H,1-6H2. The van der Waals surface area contributed by atoms with Crippen molar-refractivity contribution in [2.24, 2.45) is 0 Å². The van der Waals surface area contributed by atoms with Crippen LogP contribution in [0, 0.1) is 0 Å². The number of nitrogens with one attached hydrogen (secondary N) is 1. The van der Waals surface area contributed by atoms with Crippen LogP contribution in [0.2, 0.25) is 0 Å². The van der Waals surface area contributed by atoms with Crippen molar-refractivity contribution in [1.29, 1.82) is 0 Å². The molecule has 54 valence electrons. The molecule has 0 amide bonds. The molecule has 1 rings (SSSR count). The van der Waals surface area contributed by atoms with Gasteiger partial charge in [-0.05, 0) is 13.0 Å². The Morgan fingerprint density at radius 3 is 3.00 bits per heavy atom. The molecule has 2 N–H and O–H groups in total. The van der Waals surface area contributed by atoms with Gasteiger partial charge in [-0.1, -0.05) is 0 Å². The smallest absolute Gasteiger partial charge is 0.0558 e. The van der Waals surface area contributed by atoms with Crippen LogP contribution >= 0.6 is 0 Å². The first-order valence-electron chi connectivity index (χ1n) is 3.47. The van der Waals surface area contributed by atoms with Crippen molar-refractivity contribution >= 4 is 0 Å². The summed E-state index contributed by atoms with van der Waals surface area (Å²) in [4.78, 5) is 2.21. The van der Waals surface area contributed by atoms with Crippen molar-refractivity contribution < 1.29 is 5.11 Å². The van der Waals surface area contributed by atoms with Crippen molar-refractivity contribution in [1.82, 2.24) is 10.2 Å². The zero-order chi connectivity index (χ0) is 6.53. The third kappa shape index (κ3) is 2.30. The molecular weight excluding hydrogens is 116 g/mol. The van der Waals surface area contributed by atoms with E-state index in [4.69, 9.17) is 5.11 Å². The van der Waals surface area contributed by atoms with Gasteiger partial charge in [0.25, 0.3) is 0 Å². The van der Waals surface area contributed by atoms with E-state index in [1.807, 2.05) is 0 Å². The van der Waals surface area contributed by atoms with Crippen LogP contribution in [0.1, 0.15) is 6.42 Å². The van der Waals surface area contributed by atoms with E-state index in [9.17, 15) is 0 Å². The molecule has 0 radical (unpaired) electrons. The quantitative estimate of drug-likeness (QED) is 0.515. The Bertz CT molecular complexity index is 68.7. The van der Waals surface area contributed by atoms with E-state index in [0.29, 0.717) is 0 Å². The van der Waals surface area contributed by atoms with Gasteiger partial charge in [0.15, 0.2) is 0 Å². The minimum atomic E-state index is 0.279. The van der Waals surface area contributed by atoms with Crippen LogP contribution < -0.4 is 5.32 Å². The predicted molar refractivity (Wildman–Crippen MR) is 36.1 cm³/mol. The van der Waals surface area contributed by atoms with Crippen LogP contribution in [-0.2, 0) is 0 Å². The van der Waals surface area contributed by atoms with E-state index in [2.05, 4.69) is 10.2 Å². The fourth-order valence-corrected chi connectivity index (χ4v) is 1.08. The Hall–Kier alpha value is -0.120. The maximum Gasteiger partial charge on any atom is 0.0558 e. The lowest BCUT2D eigenvalue weighted by atomic mass is 10.3. The second kappa shape index (κ2) is 3.82. The Morgan fingerprint density at radius 2 is 2.44 bits per heavy atom. The highest BCUT2D eigenvalue weighted by atomic mass is 16.3. The molecule has 1 heterocycles. The molecule has 0 aromatic carbocycles. The summed E-state index contributed by atoms with van der Waals surface area (Å²) in [6.07, 6.45) is 1.21. The highest BCUT2D eigenvalue weighted by Gasteiger charge is 2.06. The van der Waals surface area contributed by atoms with Gasteiger partial charge in [0.2, 0.25) is 0 Å². The molecule has 1 fully saturated rings. The molecule has 0 saturated carbocycles. The van der Waals surface area contributed by atoms with Crippen LogP contribution in [0.4, 0.5) is 0 Å². The van der Waals surface area contributed by atoms with Crippen LogP contribution in [0.25, 0.3) is 0 Å². The number of hydrogen-bond donors (Lipinski definition) is 2. The van der Waals surface area contributed by atoms with Crippen molar-refractivity contribution in [2.75, 3.05) is 32.9 Å². The average molecular weight is 130 g/mol.